The van der Waals surface area contributed by atoms with Crippen LogP contribution in [-0.4, -0.2) is 136 Å². The summed E-state index contributed by atoms with van der Waals surface area (Å²) in [5, 5.41) is 52.8. The standard InChI is InChI=1S/C31H58N10O11/c1-7-15(4)22(28(49)39-21(13-43)30(51)52)40-26(47)19(11-14(2)3)37-29(50)23(17(6)44)41-27(48)20(12-42)38-24(45)16(5)36-25(46)18(32)9-8-10-35-31(33)34/h14-23,42-44H,7-13,32H2,1-6H3,(H,36,46)(H,37,50)(H,38,45)(H,39,49)(H,40,47)(H,41,48)(H,51,52)(H4,33,34,35)/t15-,16-,17+,18-,19-,20-,21-,22-,23-/m0/s1. The van der Waals surface area contributed by atoms with Crippen LogP contribution in [0.1, 0.15) is 67.2 Å². The second-order valence-corrected chi connectivity index (χ2v) is 12.9. The highest BCUT2D eigenvalue weighted by Gasteiger charge is 2.35. The molecule has 0 aromatic rings. The van der Waals surface area contributed by atoms with Gasteiger partial charge in [0.1, 0.15) is 36.3 Å². The van der Waals surface area contributed by atoms with Crippen LogP contribution in [0.2, 0.25) is 0 Å². The Hall–Kier alpha value is -4.60. The molecule has 21 nitrogen and oxygen atoms in total. The Morgan fingerprint density at radius 1 is 0.673 bits per heavy atom. The van der Waals surface area contributed by atoms with Gasteiger partial charge in [-0.1, -0.05) is 34.1 Å². The molecule has 0 saturated carbocycles. The summed E-state index contributed by atoms with van der Waals surface area (Å²) in [7, 11) is 0. The van der Waals surface area contributed by atoms with Crippen molar-refractivity contribution in [2.75, 3.05) is 19.8 Å². The molecule has 0 heterocycles. The second-order valence-electron chi connectivity index (χ2n) is 12.9. The maximum atomic E-state index is 13.4. The zero-order valence-electron chi connectivity index (χ0n) is 30.5. The fourth-order valence-corrected chi connectivity index (χ4v) is 4.55. The van der Waals surface area contributed by atoms with E-state index in [9.17, 15) is 54.0 Å². The number of carbonyl (C=O) groups excluding carboxylic acids is 6. The lowest BCUT2D eigenvalue weighted by Crippen LogP contribution is -2.62. The summed E-state index contributed by atoms with van der Waals surface area (Å²) < 4.78 is 0. The predicted molar refractivity (Wildman–Crippen MR) is 188 cm³/mol. The molecular formula is C31H58N10O11. The number of hydrogen-bond donors (Lipinski definition) is 13. The van der Waals surface area contributed by atoms with Crippen LogP contribution >= 0.6 is 0 Å². The van der Waals surface area contributed by atoms with E-state index in [0.717, 1.165) is 0 Å². The van der Waals surface area contributed by atoms with Gasteiger partial charge in [0.05, 0.1) is 25.4 Å². The van der Waals surface area contributed by atoms with Crippen molar-refractivity contribution in [2.45, 2.75) is 116 Å². The van der Waals surface area contributed by atoms with Crippen LogP contribution in [0.15, 0.2) is 4.99 Å². The van der Waals surface area contributed by atoms with Crippen LogP contribution in [0.25, 0.3) is 0 Å². The van der Waals surface area contributed by atoms with Crippen molar-refractivity contribution in [1.82, 2.24) is 31.9 Å². The van der Waals surface area contributed by atoms with Crippen LogP contribution in [0.4, 0.5) is 0 Å². The molecule has 0 aliphatic heterocycles. The van der Waals surface area contributed by atoms with Crippen LogP contribution in [0, 0.1) is 11.8 Å². The van der Waals surface area contributed by atoms with Gasteiger partial charge in [0.25, 0.3) is 0 Å². The lowest BCUT2D eigenvalue weighted by molar-refractivity contribution is -0.143. The molecule has 0 aromatic heterocycles. The average molecular weight is 747 g/mol. The van der Waals surface area contributed by atoms with Crippen molar-refractivity contribution in [1.29, 1.82) is 0 Å². The van der Waals surface area contributed by atoms with Crippen molar-refractivity contribution >= 4 is 47.4 Å². The summed E-state index contributed by atoms with van der Waals surface area (Å²) in [5.74, 6) is -7.63. The highest BCUT2D eigenvalue weighted by Crippen LogP contribution is 2.12. The van der Waals surface area contributed by atoms with E-state index in [1.807, 2.05) is 0 Å². The molecule has 0 rings (SSSR count). The smallest absolute Gasteiger partial charge is 0.328 e. The molecule has 6 amide bonds. The molecule has 0 radical (unpaired) electrons. The minimum absolute atomic E-state index is 0.0418. The van der Waals surface area contributed by atoms with Crippen LogP contribution < -0.4 is 49.1 Å². The normalized spacial score (nSPS) is 16.3. The zero-order valence-corrected chi connectivity index (χ0v) is 30.5. The molecule has 52 heavy (non-hydrogen) atoms. The summed E-state index contributed by atoms with van der Waals surface area (Å²) >= 11 is 0. The number of aliphatic carboxylic acids is 1. The third-order valence-electron chi connectivity index (χ3n) is 7.87. The second kappa shape index (κ2) is 23.8. The zero-order chi connectivity index (χ0) is 40.3. The van der Waals surface area contributed by atoms with Gasteiger partial charge in [0.15, 0.2) is 5.96 Å². The van der Waals surface area contributed by atoms with Crippen molar-refractivity contribution in [3.8, 4) is 0 Å². The van der Waals surface area contributed by atoms with Gasteiger partial charge in [-0.15, -0.1) is 0 Å². The first kappa shape index (κ1) is 47.4. The maximum absolute atomic E-state index is 13.4. The highest BCUT2D eigenvalue weighted by molar-refractivity contribution is 5.97. The number of nitrogens with two attached hydrogens (primary N) is 3. The first-order valence-electron chi connectivity index (χ1n) is 17.0. The van der Waals surface area contributed by atoms with E-state index in [1.54, 1.807) is 27.7 Å². The number of amides is 6. The molecule has 298 valence electrons. The molecule has 0 unspecified atom stereocenters. The number of carboxylic acid groups (broad SMARTS) is 1. The predicted octanol–water partition coefficient (Wildman–Crippen LogP) is -5.16. The number of nitrogens with zero attached hydrogens (tertiary/aromatic N) is 1. The third-order valence-corrected chi connectivity index (χ3v) is 7.87. The monoisotopic (exact) mass is 746 g/mol. The molecule has 16 N–H and O–H groups in total. The molecular weight excluding hydrogens is 688 g/mol. The number of carbonyl (C=O) groups is 7. The molecule has 21 heteroatoms. The number of aliphatic imine (C=N–C) groups is 1. The Balaban J connectivity index is 5.73. The lowest BCUT2D eigenvalue weighted by Gasteiger charge is -2.29. The molecule has 0 saturated heterocycles. The van der Waals surface area contributed by atoms with Gasteiger partial charge in [-0.2, -0.15) is 0 Å². The summed E-state index contributed by atoms with van der Waals surface area (Å²) in [6, 6.07) is -9.70. The van der Waals surface area contributed by atoms with Gasteiger partial charge >= 0.3 is 5.97 Å². The maximum Gasteiger partial charge on any atom is 0.328 e. The van der Waals surface area contributed by atoms with Crippen molar-refractivity contribution < 1.29 is 54.0 Å². The van der Waals surface area contributed by atoms with Gasteiger partial charge < -0.3 is 69.5 Å². The molecule has 9 atom stereocenters. The first-order valence-corrected chi connectivity index (χ1v) is 17.0. The van der Waals surface area contributed by atoms with Crippen molar-refractivity contribution in [2.24, 2.45) is 34.0 Å². The topological polar surface area (TPSA) is 363 Å². The molecule has 0 spiro atoms. The Labute approximate surface area is 302 Å². The van der Waals surface area contributed by atoms with Crippen LogP contribution in [-0.2, 0) is 33.6 Å². The van der Waals surface area contributed by atoms with Gasteiger partial charge in [-0.25, -0.2) is 4.79 Å². The highest BCUT2D eigenvalue weighted by atomic mass is 16.4. The average Bonchev–Trinajstić information content (AvgIpc) is 3.06. The van der Waals surface area contributed by atoms with E-state index in [1.165, 1.54) is 13.8 Å². The van der Waals surface area contributed by atoms with Crippen LogP contribution in [0.3, 0.4) is 0 Å². The quantitative estimate of drug-likeness (QED) is 0.0250. The molecule has 0 aliphatic rings. The molecule has 0 aromatic carbocycles. The van der Waals surface area contributed by atoms with Gasteiger partial charge in [0.2, 0.25) is 35.4 Å². The van der Waals surface area contributed by atoms with Gasteiger partial charge in [0, 0.05) is 6.54 Å². The van der Waals surface area contributed by atoms with E-state index in [-0.39, 0.29) is 31.3 Å². The first-order chi connectivity index (χ1) is 24.2. The molecule has 0 fully saturated rings. The number of aliphatic hydroxyl groups excluding tert-OH is 3. The summed E-state index contributed by atoms with van der Waals surface area (Å²) in [4.78, 5) is 93.1. The number of guanidine groups is 1. The minimum Gasteiger partial charge on any atom is -0.480 e. The van der Waals surface area contributed by atoms with Gasteiger partial charge in [-0.3, -0.25) is 33.8 Å². The van der Waals surface area contributed by atoms with Crippen LogP contribution in [0.5, 0.6) is 0 Å². The van der Waals surface area contributed by atoms with Crippen molar-refractivity contribution in [3.63, 3.8) is 0 Å². The number of rotatable bonds is 24. The van der Waals surface area contributed by atoms with E-state index in [0.29, 0.717) is 12.8 Å². The minimum atomic E-state index is -1.69. The Bertz CT molecular complexity index is 1250. The lowest BCUT2D eigenvalue weighted by atomic mass is 9.96. The Morgan fingerprint density at radius 2 is 1.17 bits per heavy atom. The van der Waals surface area contributed by atoms with E-state index >= 15 is 0 Å². The fourth-order valence-electron chi connectivity index (χ4n) is 4.55. The Morgan fingerprint density at radius 3 is 1.65 bits per heavy atom. The fraction of sp³-hybridized carbons (Fsp3) is 0.742. The largest absolute Gasteiger partial charge is 0.480 e. The van der Waals surface area contributed by atoms with Crippen molar-refractivity contribution in [3.05, 3.63) is 0 Å². The van der Waals surface area contributed by atoms with E-state index < -0.39 is 109 Å². The van der Waals surface area contributed by atoms with Gasteiger partial charge in [-0.05, 0) is 44.9 Å². The molecule has 0 aliphatic carbocycles. The SMILES string of the molecule is CC[C@H](C)[C@H](NC(=O)[C@H](CC(C)C)NC(=O)[C@@H](NC(=O)[C@H](CO)NC(=O)[C@H](C)NC(=O)[C@@H](N)CCCN=C(N)N)[C@@H](C)O)C(=O)N[C@@H](CO)C(=O)O. The summed E-state index contributed by atoms with van der Waals surface area (Å²) in [5.41, 5.74) is 16.3. The Kier molecular flexibility index (Phi) is 21.7. The number of hydrogen-bond acceptors (Lipinski definition) is 12. The number of aliphatic hydroxyl groups is 3. The summed E-state index contributed by atoms with van der Waals surface area (Å²) in [6.07, 6.45) is -0.530. The van der Waals surface area contributed by atoms with E-state index in [4.69, 9.17) is 17.2 Å². The third kappa shape index (κ3) is 17.1. The molecule has 0 bridgehead atoms. The number of carboxylic acids is 1. The number of nitrogens with one attached hydrogen (secondary N) is 6. The van der Waals surface area contributed by atoms with E-state index in [2.05, 4.69) is 36.9 Å². The summed E-state index contributed by atoms with van der Waals surface area (Å²) in [6.45, 7) is 7.76.